The van der Waals surface area contributed by atoms with Crippen molar-refractivity contribution in [3.8, 4) is 6.07 Å². The second-order valence-corrected chi connectivity index (χ2v) is 6.06. The van der Waals surface area contributed by atoms with E-state index in [0.29, 0.717) is 25.1 Å². The normalized spacial score (nSPS) is 12.7. The van der Waals surface area contributed by atoms with E-state index in [4.69, 9.17) is 5.26 Å². The first-order chi connectivity index (χ1) is 12.1. The minimum absolute atomic E-state index is 0.0463. The lowest BCUT2D eigenvalue weighted by molar-refractivity contribution is 0.173. The van der Waals surface area contributed by atoms with Gasteiger partial charge in [0.05, 0.1) is 18.6 Å². The highest BCUT2D eigenvalue weighted by Crippen LogP contribution is 2.20. The molecule has 2 aromatic carbocycles. The number of nitrogens with one attached hydrogen (secondary N) is 2. The average molecular weight is 337 g/mol. The van der Waals surface area contributed by atoms with Crippen LogP contribution in [-0.4, -0.2) is 23.8 Å². The molecular weight excluding hydrogens is 314 g/mol. The lowest BCUT2D eigenvalue weighted by Crippen LogP contribution is -2.33. The van der Waals surface area contributed by atoms with Gasteiger partial charge >= 0.3 is 6.03 Å². The monoisotopic (exact) mass is 337 g/mol. The number of rotatable bonds is 7. The number of nitrogens with zero attached hydrogens (tertiary/aromatic N) is 1. The Morgan fingerprint density at radius 1 is 1.16 bits per heavy atom. The first-order valence-corrected chi connectivity index (χ1v) is 8.32. The molecule has 0 spiro atoms. The van der Waals surface area contributed by atoms with Gasteiger partial charge in [-0.15, -0.1) is 0 Å². The van der Waals surface area contributed by atoms with Crippen LogP contribution >= 0.6 is 0 Å². The molecule has 0 aliphatic rings. The van der Waals surface area contributed by atoms with Gasteiger partial charge in [0, 0.05) is 18.2 Å². The van der Waals surface area contributed by atoms with Crippen molar-refractivity contribution in [2.24, 2.45) is 0 Å². The molecule has 130 valence electrons. The first kappa shape index (κ1) is 18.5. The van der Waals surface area contributed by atoms with E-state index in [0.717, 1.165) is 11.1 Å². The van der Waals surface area contributed by atoms with Crippen LogP contribution in [0.1, 0.15) is 30.4 Å². The Kier molecular flexibility index (Phi) is 7.00. The smallest absolute Gasteiger partial charge is 0.319 e. The van der Waals surface area contributed by atoms with Crippen molar-refractivity contribution in [1.82, 2.24) is 5.32 Å². The van der Waals surface area contributed by atoms with Gasteiger partial charge in [0.15, 0.2) is 0 Å². The molecule has 2 atom stereocenters. The van der Waals surface area contributed by atoms with Crippen LogP contribution in [0.25, 0.3) is 0 Å². The topological polar surface area (TPSA) is 85.2 Å². The Labute approximate surface area is 148 Å². The summed E-state index contributed by atoms with van der Waals surface area (Å²) in [5.41, 5.74) is 2.67. The molecule has 25 heavy (non-hydrogen) atoms. The van der Waals surface area contributed by atoms with Gasteiger partial charge in [0.2, 0.25) is 0 Å². The predicted octanol–water partition coefficient (Wildman–Crippen LogP) is 3.43. The summed E-state index contributed by atoms with van der Waals surface area (Å²) < 4.78 is 0. The molecule has 2 aromatic rings. The molecule has 0 saturated carbocycles. The molecular formula is C20H23N3O2. The summed E-state index contributed by atoms with van der Waals surface area (Å²) in [6.45, 7) is 2.19. The molecule has 0 fully saturated rings. The number of nitriles is 1. The number of urea groups is 1. The molecule has 5 nitrogen and oxygen atoms in total. The Hall–Kier alpha value is -2.84. The van der Waals surface area contributed by atoms with E-state index in [9.17, 15) is 9.90 Å². The van der Waals surface area contributed by atoms with Crippen LogP contribution < -0.4 is 10.6 Å². The summed E-state index contributed by atoms with van der Waals surface area (Å²) in [5, 5.41) is 24.0. The number of anilines is 1. The second-order valence-electron chi connectivity index (χ2n) is 6.06. The third kappa shape index (κ3) is 6.28. The van der Waals surface area contributed by atoms with Gasteiger partial charge in [-0.3, -0.25) is 0 Å². The van der Waals surface area contributed by atoms with Gasteiger partial charge in [-0.05, 0) is 36.6 Å². The molecule has 0 aliphatic heterocycles. The molecule has 2 unspecified atom stereocenters. The van der Waals surface area contributed by atoms with E-state index < -0.39 is 6.10 Å². The van der Waals surface area contributed by atoms with Gasteiger partial charge in [-0.25, -0.2) is 4.79 Å². The number of amides is 2. The maximum absolute atomic E-state index is 12.1. The van der Waals surface area contributed by atoms with Crippen molar-refractivity contribution in [2.45, 2.75) is 31.8 Å². The zero-order valence-electron chi connectivity index (χ0n) is 14.3. The summed E-state index contributed by atoms with van der Waals surface area (Å²) in [5.74, 6) is 0.0463. The van der Waals surface area contributed by atoms with Crippen LogP contribution in [0.4, 0.5) is 10.5 Å². The first-order valence-electron chi connectivity index (χ1n) is 8.32. The van der Waals surface area contributed by atoms with Crippen LogP contribution in [0.2, 0.25) is 0 Å². The molecule has 0 aliphatic carbocycles. The fourth-order valence-electron chi connectivity index (χ4n) is 2.66. The highest BCUT2D eigenvalue weighted by Gasteiger charge is 2.15. The Morgan fingerprint density at radius 3 is 2.44 bits per heavy atom. The number of carbonyl (C=O) groups is 1. The van der Waals surface area contributed by atoms with Crippen LogP contribution in [0.5, 0.6) is 0 Å². The number of aliphatic hydroxyl groups is 1. The molecule has 0 radical (unpaired) electrons. The van der Waals surface area contributed by atoms with E-state index in [1.807, 2.05) is 42.5 Å². The molecule has 0 saturated heterocycles. The van der Waals surface area contributed by atoms with Crippen LogP contribution in [0.15, 0.2) is 54.6 Å². The van der Waals surface area contributed by atoms with Crippen molar-refractivity contribution >= 4 is 11.7 Å². The molecule has 5 heteroatoms. The van der Waals surface area contributed by atoms with E-state index in [2.05, 4.69) is 16.7 Å². The molecule has 2 amide bonds. The maximum atomic E-state index is 12.1. The van der Waals surface area contributed by atoms with Gasteiger partial charge in [0.1, 0.15) is 0 Å². The third-order valence-corrected chi connectivity index (χ3v) is 3.90. The lowest BCUT2D eigenvalue weighted by Gasteiger charge is -2.20. The number of benzene rings is 2. The quantitative estimate of drug-likeness (QED) is 0.723. The fourth-order valence-corrected chi connectivity index (χ4v) is 2.66. The average Bonchev–Trinajstić information content (AvgIpc) is 2.61. The van der Waals surface area contributed by atoms with Gasteiger partial charge in [0.25, 0.3) is 0 Å². The third-order valence-electron chi connectivity index (χ3n) is 3.90. The number of carbonyl (C=O) groups excluding carboxylic acids is 1. The van der Waals surface area contributed by atoms with Gasteiger partial charge in [-0.2, -0.15) is 5.26 Å². The zero-order chi connectivity index (χ0) is 18.1. The Morgan fingerprint density at radius 2 is 1.84 bits per heavy atom. The second kappa shape index (κ2) is 9.45. The van der Waals surface area contributed by atoms with Gasteiger partial charge < -0.3 is 15.7 Å². The standard InChI is InChI=1S/C20H23N3O2/c1-15(24)13-18(17-5-3-2-4-6-17)14-22-20(25)23-19-9-7-16(8-10-19)11-12-21/h2-10,15,18,24H,11,13-14H2,1H3,(H2,22,23,25). The van der Waals surface area contributed by atoms with E-state index >= 15 is 0 Å². The van der Waals surface area contributed by atoms with Crippen molar-refractivity contribution in [3.63, 3.8) is 0 Å². The number of aliphatic hydroxyl groups excluding tert-OH is 1. The fraction of sp³-hybridized carbons (Fsp3) is 0.300. The maximum Gasteiger partial charge on any atom is 0.319 e. The summed E-state index contributed by atoms with van der Waals surface area (Å²) in [6.07, 6.45) is 0.486. The Bertz CT molecular complexity index is 706. The lowest BCUT2D eigenvalue weighted by atomic mass is 9.93. The number of hydrogen-bond donors (Lipinski definition) is 3. The molecule has 2 rings (SSSR count). The minimum atomic E-state index is -0.442. The van der Waals surface area contributed by atoms with E-state index in [-0.39, 0.29) is 11.9 Å². The SMILES string of the molecule is CC(O)CC(CNC(=O)Nc1ccc(CC#N)cc1)c1ccccc1. The van der Waals surface area contributed by atoms with E-state index in [1.54, 1.807) is 19.1 Å². The van der Waals surface area contributed by atoms with Crippen molar-refractivity contribution in [2.75, 3.05) is 11.9 Å². The van der Waals surface area contributed by atoms with E-state index in [1.165, 1.54) is 0 Å². The highest BCUT2D eigenvalue weighted by atomic mass is 16.3. The Balaban J connectivity index is 1.91. The molecule has 0 bridgehead atoms. The van der Waals surface area contributed by atoms with Crippen LogP contribution in [0.3, 0.4) is 0 Å². The number of hydrogen-bond acceptors (Lipinski definition) is 3. The zero-order valence-corrected chi connectivity index (χ0v) is 14.3. The van der Waals surface area contributed by atoms with Gasteiger partial charge in [-0.1, -0.05) is 42.5 Å². The summed E-state index contributed by atoms with van der Waals surface area (Å²) in [4.78, 5) is 12.1. The van der Waals surface area contributed by atoms with Crippen molar-refractivity contribution in [1.29, 1.82) is 5.26 Å². The predicted molar refractivity (Wildman–Crippen MR) is 98.3 cm³/mol. The minimum Gasteiger partial charge on any atom is -0.393 e. The molecule has 0 aromatic heterocycles. The van der Waals surface area contributed by atoms with Crippen LogP contribution in [-0.2, 0) is 6.42 Å². The highest BCUT2D eigenvalue weighted by molar-refractivity contribution is 5.89. The van der Waals surface area contributed by atoms with Crippen molar-refractivity contribution in [3.05, 3.63) is 65.7 Å². The summed E-state index contributed by atoms with van der Waals surface area (Å²) in [6, 6.07) is 18.8. The van der Waals surface area contributed by atoms with Crippen molar-refractivity contribution < 1.29 is 9.90 Å². The summed E-state index contributed by atoms with van der Waals surface area (Å²) in [7, 11) is 0. The molecule has 3 N–H and O–H groups in total. The van der Waals surface area contributed by atoms with Crippen LogP contribution in [0, 0.1) is 11.3 Å². The largest absolute Gasteiger partial charge is 0.393 e. The molecule has 0 heterocycles. The summed E-state index contributed by atoms with van der Waals surface area (Å²) >= 11 is 0.